The second kappa shape index (κ2) is 9.73. The lowest BCUT2D eigenvalue weighted by Gasteiger charge is -2.32. The highest BCUT2D eigenvalue weighted by Crippen LogP contribution is 2.31. The van der Waals surface area contributed by atoms with Crippen molar-refractivity contribution in [1.82, 2.24) is 9.88 Å². The minimum absolute atomic E-state index is 0.0437. The van der Waals surface area contributed by atoms with Gasteiger partial charge in [-0.1, -0.05) is 23.7 Å². The Morgan fingerprint density at radius 1 is 1.17 bits per heavy atom. The van der Waals surface area contributed by atoms with Gasteiger partial charge in [0, 0.05) is 41.9 Å². The van der Waals surface area contributed by atoms with Crippen molar-refractivity contribution in [2.75, 3.05) is 28.8 Å². The van der Waals surface area contributed by atoms with Gasteiger partial charge in [-0.15, -0.1) is 17.9 Å². The van der Waals surface area contributed by atoms with Crippen LogP contribution >= 0.6 is 22.9 Å². The van der Waals surface area contributed by atoms with Crippen molar-refractivity contribution in [2.24, 2.45) is 0 Å². The largest absolute Gasteiger partial charge is 0.311 e. The fraction of sp³-hybridized carbons (Fsp3) is 0.280. The van der Waals surface area contributed by atoms with E-state index in [-0.39, 0.29) is 23.4 Å². The number of nitrogens with zero attached hydrogens (tertiary/aromatic N) is 4. The topological polar surface area (TPSA) is 73.8 Å². The van der Waals surface area contributed by atoms with Gasteiger partial charge in [0.05, 0.1) is 17.5 Å². The van der Waals surface area contributed by atoms with E-state index >= 15 is 0 Å². The van der Waals surface area contributed by atoms with E-state index in [9.17, 15) is 13.2 Å². The van der Waals surface area contributed by atoms with E-state index in [4.69, 9.17) is 11.6 Å². The van der Waals surface area contributed by atoms with Crippen molar-refractivity contribution in [3.63, 3.8) is 0 Å². The number of halogens is 1. The van der Waals surface area contributed by atoms with Gasteiger partial charge in [0.25, 0.3) is 10.0 Å². The summed E-state index contributed by atoms with van der Waals surface area (Å²) in [5.74, 6) is 0.0437. The molecule has 2 aliphatic rings. The summed E-state index contributed by atoms with van der Waals surface area (Å²) in [5, 5.41) is 2.83. The summed E-state index contributed by atoms with van der Waals surface area (Å²) in [7, 11) is -3.81. The van der Waals surface area contributed by atoms with Crippen LogP contribution in [-0.2, 0) is 27.8 Å². The van der Waals surface area contributed by atoms with E-state index in [2.05, 4.69) is 22.5 Å². The van der Waals surface area contributed by atoms with Crippen LogP contribution in [-0.4, -0.2) is 49.9 Å². The maximum atomic E-state index is 13.3. The molecule has 2 aliphatic heterocycles. The van der Waals surface area contributed by atoms with Gasteiger partial charge in [-0.2, -0.15) is 0 Å². The predicted molar refractivity (Wildman–Crippen MR) is 140 cm³/mol. The average Bonchev–Trinajstić information content (AvgIpc) is 3.52. The number of amides is 1. The van der Waals surface area contributed by atoms with Crippen LogP contribution in [0.25, 0.3) is 0 Å². The quantitative estimate of drug-likeness (QED) is 0.426. The molecule has 5 rings (SSSR count). The molecule has 3 heterocycles. The zero-order chi connectivity index (χ0) is 24.6. The van der Waals surface area contributed by atoms with Crippen LogP contribution < -0.4 is 9.21 Å². The zero-order valence-electron chi connectivity index (χ0n) is 19.0. The number of carbonyl (C=O) groups excluding carboxylic acids is 1. The minimum Gasteiger partial charge on any atom is -0.311 e. The molecule has 0 saturated carbocycles. The molecule has 1 atom stereocenters. The van der Waals surface area contributed by atoms with E-state index < -0.39 is 10.0 Å². The number of benzene rings is 2. The second-order valence-electron chi connectivity index (χ2n) is 8.56. The van der Waals surface area contributed by atoms with Gasteiger partial charge < -0.3 is 4.90 Å². The lowest BCUT2D eigenvalue weighted by Crippen LogP contribution is -2.44. The van der Waals surface area contributed by atoms with Crippen molar-refractivity contribution in [1.29, 1.82) is 0 Å². The number of rotatable bonds is 7. The van der Waals surface area contributed by atoms with Crippen LogP contribution in [0.1, 0.15) is 17.5 Å². The maximum absolute atomic E-state index is 13.3. The summed E-state index contributed by atoms with van der Waals surface area (Å²) in [6.45, 7) is 5.91. The summed E-state index contributed by atoms with van der Waals surface area (Å²) in [5.41, 5.74) is 3.16. The normalized spacial score (nSPS) is 18.5. The fourth-order valence-corrected chi connectivity index (χ4v) is 7.20. The molecule has 10 heteroatoms. The molecule has 2 aromatic carbocycles. The van der Waals surface area contributed by atoms with Crippen LogP contribution in [0.5, 0.6) is 0 Å². The Morgan fingerprint density at radius 2 is 1.97 bits per heavy atom. The molecule has 7 nitrogen and oxygen atoms in total. The monoisotopic (exact) mass is 528 g/mol. The molecule has 0 N–H and O–H groups in total. The first kappa shape index (κ1) is 24.0. The molecule has 3 aromatic rings. The van der Waals surface area contributed by atoms with E-state index in [0.29, 0.717) is 28.9 Å². The van der Waals surface area contributed by atoms with Gasteiger partial charge in [0.2, 0.25) is 5.91 Å². The van der Waals surface area contributed by atoms with Gasteiger partial charge in [0.15, 0.2) is 5.13 Å². The molecule has 1 saturated heterocycles. The first-order valence-electron chi connectivity index (χ1n) is 11.3. The summed E-state index contributed by atoms with van der Waals surface area (Å²) >= 11 is 7.43. The Balaban J connectivity index is 1.32. The molecule has 1 fully saturated rings. The van der Waals surface area contributed by atoms with Crippen LogP contribution in [0.3, 0.4) is 0 Å². The summed E-state index contributed by atoms with van der Waals surface area (Å²) < 4.78 is 27.7. The predicted octanol–water partition coefficient (Wildman–Crippen LogP) is 4.34. The van der Waals surface area contributed by atoms with Crippen molar-refractivity contribution < 1.29 is 13.2 Å². The molecule has 0 unspecified atom stereocenters. The summed E-state index contributed by atoms with van der Waals surface area (Å²) in [4.78, 5) is 21.6. The van der Waals surface area contributed by atoms with Crippen molar-refractivity contribution in [3.8, 4) is 0 Å². The SMILES string of the molecule is C=CCN(c1nccs1)S(=O)(=O)c1ccc(N2CC[C@H](N3CCc4ccc(Cl)cc4C3)C2=O)cc1. The van der Waals surface area contributed by atoms with E-state index in [1.165, 1.54) is 32.8 Å². The van der Waals surface area contributed by atoms with Gasteiger partial charge in [-0.25, -0.2) is 17.7 Å². The Bertz CT molecular complexity index is 1340. The third-order valence-electron chi connectivity index (χ3n) is 6.49. The number of aromatic nitrogens is 1. The molecule has 0 spiro atoms. The number of sulfonamides is 1. The lowest BCUT2D eigenvalue weighted by molar-refractivity contribution is -0.122. The van der Waals surface area contributed by atoms with Crippen LogP contribution in [0.4, 0.5) is 10.8 Å². The molecule has 182 valence electrons. The third-order valence-corrected chi connectivity index (χ3v) is 9.41. The Labute approximate surface area is 214 Å². The van der Waals surface area contributed by atoms with Gasteiger partial charge in [0.1, 0.15) is 0 Å². The minimum atomic E-state index is -3.81. The summed E-state index contributed by atoms with van der Waals surface area (Å²) in [6.07, 6.45) is 4.72. The maximum Gasteiger partial charge on any atom is 0.266 e. The first-order chi connectivity index (χ1) is 16.9. The molecule has 1 aromatic heterocycles. The smallest absolute Gasteiger partial charge is 0.266 e. The molecule has 0 bridgehead atoms. The van der Waals surface area contributed by atoms with Gasteiger partial charge in [-0.3, -0.25) is 9.69 Å². The lowest BCUT2D eigenvalue weighted by atomic mass is 9.98. The number of anilines is 2. The first-order valence-corrected chi connectivity index (χ1v) is 14.0. The van der Waals surface area contributed by atoms with E-state index in [1.54, 1.807) is 40.7 Å². The van der Waals surface area contributed by atoms with Crippen LogP contribution in [0, 0.1) is 0 Å². The van der Waals surface area contributed by atoms with Crippen molar-refractivity contribution in [2.45, 2.75) is 30.3 Å². The van der Waals surface area contributed by atoms with E-state index in [1.807, 2.05) is 12.1 Å². The molecule has 1 amide bonds. The van der Waals surface area contributed by atoms with Crippen molar-refractivity contribution in [3.05, 3.63) is 82.8 Å². The van der Waals surface area contributed by atoms with Gasteiger partial charge >= 0.3 is 0 Å². The van der Waals surface area contributed by atoms with Crippen LogP contribution in [0.15, 0.2) is 71.6 Å². The number of fused-ring (bicyclic) bond motifs is 1. The Hall–Kier alpha value is -2.72. The highest BCUT2D eigenvalue weighted by molar-refractivity contribution is 7.93. The molecule has 35 heavy (non-hydrogen) atoms. The highest BCUT2D eigenvalue weighted by atomic mass is 35.5. The Kier molecular flexibility index (Phi) is 6.67. The highest BCUT2D eigenvalue weighted by Gasteiger charge is 2.38. The van der Waals surface area contributed by atoms with Crippen LogP contribution in [0.2, 0.25) is 5.02 Å². The number of thiazole rings is 1. The number of carbonyl (C=O) groups is 1. The second-order valence-corrected chi connectivity index (χ2v) is 11.7. The third kappa shape index (κ3) is 4.61. The molecular weight excluding hydrogens is 504 g/mol. The van der Waals surface area contributed by atoms with Crippen molar-refractivity contribution >= 4 is 49.7 Å². The fourth-order valence-electron chi connectivity index (χ4n) is 4.73. The standard InChI is InChI=1S/C25H25ClN4O3S2/c1-2-12-30(25-27-11-15-34-25)35(32,33)22-7-5-21(6-8-22)29-14-10-23(24(29)31)28-13-9-18-3-4-20(26)16-19(18)17-28/h2-8,11,15-16,23H,1,9-10,12-14,17H2/t23-/m0/s1. The van der Waals surface area contributed by atoms with E-state index in [0.717, 1.165) is 19.4 Å². The molecule has 0 aliphatic carbocycles. The number of hydrogen-bond acceptors (Lipinski definition) is 6. The zero-order valence-corrected chi connectivity index (χ0v) is 21.4. The molecule has 0 radical (unpaired) electrons. The number of hydrogen-bond donors (Lipinski definition) is 0. The van der Waals surface area contributed by atoms with Gasteiger partial charge in [-0.05, 0) is 60.4 Å². The Morgan fingerprint density at radius 3 is 2.69 bits per heavy atom. The summed E-state index contributed by atoms with van der Waals surface area (Å²) in [6, 6.07) is 12.3. The molecular formula is C25H25ClN4O3S2. The average molecular weight is 529 g/mol.